The first-order valence-electron chi connectivity index (χ1n) is 2.92. The van der Waals surface area contributed by atoms with Crippen molar-refractivity contribution in [1.82, 2.24) is 0 Å². The van der Waals surface area contributed by atoms with Gasteiger partial charge in [0, 0.05) is 12.8 Å². The molecule has 0 rings (SSSR count). The van der Waals surface area contributed by atoms with Crippen LogP contribution in [0.4, 0.5) is 0 Å². The van der Waals surface area contributed by atoms with Crippen LogP contribution in [-0.4, -0.2) is 12.6 Å². The number of carbonyl (C=O) groups excluding carboxylic acids is 1. The van der Waals surface area contributed by atoms with Crippen LogP contribution in [0, 0.1) is 5.92 Å². The Kier molecular flexibility index (Phi) is 3.76. The number of ether oxygens (including phenoxy) is 1. The molecule has 0 aliphatic heterocycles. The molecular formula is C7H12O2. The molecule has 1 atom stereocenters. The van der Waals surface area contributed by atoms with E-state index in [0.29, 0.717) is 6.61 Å². The number of hydrogen-bond acceptors (Lipinski definition) is 2. The van der Waals surface area contributed by atoms with Gasteiger partial charge in [0.05, 0.1) is 6.61 Å². The zero-order valence-corrected chi connectivity index (χ0v) is 5.89. The maximum atomic E-state index is 10.2. The van der Waals surface area contributed by atoms with Crippen molar-refractivity contribution in [3.05, 3.63) is 12.7 Å². The third-order valence-corrected chi connectivity index (χ3v) is 0.952. The van der Waals surface area contributed by atoms with Gasteiger partial charge in [-0.2, -0.15) is 0 Å². The lowest BCUT2D eigenvalue weighted by molar-refractivity contribution is -0.141. The van der Waals surface area contributed by atoms with E-state index in [1.165, 1.54) is 6.92 Å². The van der Waals surface area contributed by atoms with Gasteiger partial charge in [0.25, 0.3) is 0 Å². The zero-order valence-electron chi connectivity index (χ0n) is 5.89. The summed E-state index contributed by atoms with van der Waals surface area (Å²) in [6, 6.07) is 0. The second-order valence-electron chi connectivity index (χ2n) is 2.02. The van der Waals surface area contributed by atoms with Gasteiger partial charge < -0.3 is 4.74 Å². The molecule has 0 heterocycles. The molecule has 1 unspecified atom stereocenters. The smallest absolute Gasteiger partial charge is 0.302 e. The molecule has 0 aromatic carbocycles. The molecule has 0 bridgehead atoms. The van der Waals surface area contributed by atoms with Crippen LogP contribution < -0.4 is 0 Å². The topological polar surface area (TPSA) is 26.3 Å². The molecule has 0 N–H and O–H groups in total. The molecule has 0 saturated heterocycles. The Morgan fingerprint density at radius 3 is 2.78 bits per heavy atom. The molecule has 2 heteroatoms. The summed E-state index contributed by atoms with van der Waals surface area (Å²) in [4.78, 5) is 10.2. The molecule has 52 valence electrons. The van der Waals surface area contributed by atoms with Gasteiger partial charge in [-0.05, 0) is 0 Å². The maximum absolute atomic E-state index is 10.2. The van der Waals surface area contributed by atoms with Crippen molar-refractivity contribution in [2.24, 2.45) is 5.92 Å². The predicted molar refractivity (Wildman–Crippen MR) is 36.0 cm³/mol. The highest BCUT2D eigenvalue weighted by molar-refractivity contribution is 5.65. The largest absolute Gasteiger partial charge is 0.465 e. The van der Waals surface area contributed by atoms with E-state index in [1.807, 2.05) is 6.92 Å². The van der Waals surface area contributed by atoms with Gasteiger partial charge in [0.1, 0.15) is 0 Å². The fourth-order valence-corrected chi connectivity index (χ4v) is 0.317. The predicted octanol–water partition coefficient (Wildman–Crippen LogP) is 1.37. The summed E-state index contributed by atoms with van der Waals surface area (Å²) in [5, 5.41) is 0. The minimum Gasteiger partial charge on any atom is -0.465 e. The van der Waals surface area contributed by atoms with Gasteiger partial charge in [0.2, 0.25) is 0 Å². The van der Waals surface area contributed by atoms with Crippen LogP contribution in [0.1, 0.15) is 13.8 Å². The number of carbonyl (C=O) groups is 1. The number of rotatable bonds is 3. The van der Waals surface area contributed by atoms with Crippen molar-refractivity contribution in [2.75, 3.05) is 6.61 Å². The molecule has 0 aliphatic rings. The van der Waals surface area contributed by atoms with E-state index in [4.69, 9.17) is 0 Å². The molecule has 9 heavy (non-hydrogen) atoms. The Bertz CT molecular complexity index is 107. The second kappa shape index (κ2) is 4.13. The Labute approximate surface area is 55.5 Å². The Morgan fingerprint density at radius 2 is 2.44 bits per heavy atom. The van der Waals surface area contributed by atoms with Crippen LogP contribution in [0.25, 0.3) is 0 Å². The van der Waals surface area contributed by atoms with Crippen molar-refractivity contribution in [2.45, 2.75) is 13.8 Å². The summed E-state index contributed by atoms with van der Waals surface area (Å²) in [6.07, 6.45) is 1.75. The van der Waals surface area contributed by atoms with E-state index >= 15 is 0 Å². The highest BCUT2D eigenvalue weighted by atomic mass is 16.5. The SMILES string of the molecule is C=CC(C)COC(C)=O. The highest BCUT2D eigenvalue weighted by Gasteiger charge is 1.96. The van der Waals surface area contributed by atoms with E-state index in [0.717, 1.165) is 0 Å². The first-order valence-corrected chi connectivity index (χ1v) is 2.92. The van der Waals surface area contributed by atoms with Gasteiger partial charge >= 0.3 is 5.97 Å². The standard InChI is InChI=1S/C7H12O2/c1-4-6(2)5-9-7(3)8/h4,6H,1,5H2,2-3H3. The summed E-state index contributed by atoms with van der Waals surface area (Å²) in [7, 11) is 0. The monoisotopic (exact) mass is 128 g/mol. The fraction of sp³-hybridized carbons (Fsp3) is 0.571. The van der Waals surface area contributed by atoms with Gasteiger partial charge in [0.15, 0.2) is 0 Å². The van der Waals surface area contributed by atoms with E-state index in [2.05, 4.69) is 11.3 Å². The number of hydrogen-bond donors (Lipinski definition) is 0. The normalized spacial score (nSPS) is 12.2. The summed E-state index contributed by atoms with van der Waals surface area (Å²) in [5.74, 6) is 0.0256. The van der Waals surface area contributed by atoms with Gasteiger partial charge in [-0.15, -0.1) is 6.58 Å². The van der Waals surface area contributed by atoms with Crippen LogP contribution in [0.2, 0.25) is 0 Å². The van der Waals surface area contributed by atoms with Gasteiger partial charge in [-0.25, -0.2) is 0 Å². The quantitative estimate of drug-likeness (QED) is 0.424. The first-order chi connectivity index (χ1) is 4.16. The van der Waals surface area contributed by atoms with Crippen molar-refractivity contribution in [3.8, 4) is 0 Å². The van der Waals surface area contributed by atoms with Crippen molar-refractivity contribution in [3.63, 3.8) is 0 Å². The maximum Gasteiger partial charge on any atom is 0.302 e. The molecule has 0 aliphatic carbocycles. The Balaban J connectivity index is 3.26. The molecule has 0 aromatic rings. The summed E-state index contributed by atoms with van der Waals surface area (Å²) < 4.78 is 4.68. The molecule has 0 spiro atoms. The lowest BCUT2D eigenvalue weighted by Gasteiger charge is -2.03. The Hall–Kier alpha value is -0.790. The van der Waals surface area contributed by atoms with Crippen LogP contribution in [0.3, 0.4) is 0 Å². The van der Waals surface area contributed by atoms with E-state index in [9.17, 15) is 4.79 Å². The number of esters is 1. The molecule has 0 amide bonds. The minimum atomic E-state index is -0.233. The van der Waals surface area contributed by atoms with E-state index in [1.54, 1.807) is 6.08 Å². The van der Waals surface area contributed by atoms with Crippen LogP contribution >= 0.6 is 0 Å². The summed E-state index contributed by atoms with van der Waals surface area (Å²) >= 11 is 0. The van der Waals surface area contributed by atoms with Crippen LogP contribution in [0.5, 0.6) is 0 Å². The van der Waals surface area contributed by atoms with Crippen LogP contribution in [-0.2, 0) is 9.53 Å². The van der Waals surface area contributed by atoms with E-state index in [-0.39, 0.29) is 11.9 Å². The molecular weight excluding hydrogens is 116 g/mol. The van der Waals surface area contributed by atoms with Gasteiger partial charge in [-0.1, -0.05) is 13.0 Å². The molecule has 0 aromatic heterocycles. The average Bonchev–Trinajstić information content (AvgIpc) is 1.83. The molecule has 0 fully saturated rings. The summed E-state index contributed by atoms with van der Waals surface area (Å²) in [6.45, 7) is 7.33. The van der Waals surface area contributed by atoms with Gasteiger partial charge in [-0.3, -0.25) is 4.79 Å². The van der Waals surface area contributed by atoms with Crippen molar-refractivity contribution < 1.29 is 9.53 Å². The molecule has 0 saturated carbocycles. The molecule has 0 radical (unpaired) electrons. The second-order valence-corrected chi connectivity index (χ2v) is 2.02. The van der Waals surface area contributed by atoms with E-state index < -0.39 is 0 Å². The zero-order chi connectivity index (χ0) is 7.28. The average molecular weight is 128 g/mol. The highest BCUT2D eigenvalue weighted by Crippen LogP contribution is 1.95. The Morgan fingerprint density at radius 1 is 1.89 bits per heavy atom. The van der Waals surface area contributed by atoms with Crippen molar-refractivity contribution in [1.29, 1.82) is 0 Å². The lowest BCUT2D eigenvalue weighted by Crippen LogP contribution is -2.06. The first kappa shape index (κ1) is 8.21. The van der Waals surface area contributed by atoms with Crippen LogP contribution in [0.15, 0.2) is 12.7 Å². The van der Waals surface area contributed by atoms with Crippen molar-refractivity contribution >= 4 is 5.97 Å². The lowest BCUT2D eigenvalue weighted by atomic mass is 10.2. The summed E-state index contributed by atoms with van der Waals surface area (Å²) in [5.41, 5.74) is 0. The third kappa shape index (κ3) is 5.07. The third-order valence-electron chi connectivity index (χ3n) is 0.952. The molecule has 2 nitrogen and oxygen atoms in total. The fourth-order valence-electron chi connectivity index (χ4n) is 0.317. The minimum absolute atomic E-state index is 0.233.